The van der Waals surface area contributed by atoms with Crippen LogP contribution in [0.4, 0.5) is 15.8 Å². The number of hydrogen-bond donors (Lipinski definition) is 2. The number of thiazole rings is 1. The fourth-order valence-corrected chi connectivity index (χ4v) is 4.92. The van der Waals surface area contributed by atoms with Crippen LogP contribution in [-0.2, 0) is 21.4 Å². The van der Waals surface area contributed by atoms with Crippen molar-refractivity contribution in [2.75, 3.05) is 10.0 Å². The smallest absolute Gasteiger partial charge is 0.307 e. The van der Waals surface area contributed by atoms with Gasteiger partial charge in [-0.15, -0.1) is 0 Å². The highest BCUT2D eigenvalue weighted by molar-refractivity contribution is 7.92. The number of aryl methyl sites for hydroxylation is 2. The summed E-state index contributed by atoms with van der Waals surface area (Å²) in [7, 11) is -4.07. The van der Waals surface area contributed by atoms with Crippen molar-refractivity contribution < 1.29 is 17.6 Å². The van der Waals surface area contributed by atoms with Gasteiger partial charge in [0.2, 0.25) is 5.91 Å². The van der Waals surface area contributed by atoms with Crippen LogP contribution in [0.25, 0.3) is 0 Å². The zero-order chi connectivity index (χ0) is 21.9. The third-order valence-corrected chi connectivity index (χ3v) is 6.81. The lowest BCUT2D eigenvalue weighted by atomic mass is 10.2. The molecular formula is C20H20FN3O4S2. The van der Waals surface area contributed by atoms with Crippen LogP contribution in [0.5, 0.6) is 0 Å². The van der Waals surface area contributed by atoms with Gasteiger partial charge in [-0.2, -0.15) is 0 Å². The Hall–Kier alpha value is -2.98. The van der Waals surface area contributed by atoms with Gasteiger partial charge in [-0.1, -0.05) is 29.5 Å². The molecule has 2 aromatic carbocycles. The van der Waals surface area contributed by atoms with Crippen molar-refractivity contribution in [1.29, 1.82) is 0 Å². The highest BCUT2D eigenvalue weighted by atomic mass is 32.2. The number of rotatable bonds is 7. The van der Waals surface area contributed by atoms with E-state index in [2.05, 4.69) is 10.0 Å². The average molecular weight is 450 g/mol. The monoisotopic (exact) mass is 449 g/mol. The standard InChI is InChI=1S/C20H20FN3O4S2/c1-13-7-8-15(22-19(25)9-10-24-14(2)12-29-20(24)26)11-18(13)30(27,28)23-17-6-4-3-5-16(17)21/h3-8,11-12,23H,9-10H2,1-2H3,(H,22,25). The predicted molar refractivity (Wildman–Crippen MR) is 115 cm³/mol. The van der Waals surface area contributed by atoms with Crippen molar-refractivity contribution in [3.8, 4) is 0 Å². The Kier molecular flexibility index (Phi) is 6.37. The molecule has 2 N–H and O–H groups in total. The molecule has 0 radical (unpaired) electrons. The van der Waals surface area contributed by atoms with Crippen molar-refractivity contribution in [3.63, 3.8) is 0 Å². The number of hydrogen-bond acceptors (Lipinski definition) is 5. The minimum atomic E-state index is -4.07. The summed E-state index contributed by atoms with van der Waals surface area (Å²) in [5.41, 5.74) is 1.34. The molecule has 3 rings (SSSR count). The Labute approximate surface area is 177 Å². The second-order valence-electron chi connectivity index (χ2n) is 6.66. The molecule has 158 valence electrons. The van der Waals surface area contributed by atoms with Gasteiger partial charge in [-0.05, 0) is 43.7 Å². The lowest BCUT2D eigenvalue weighted by molar-refractivity contribution is -0.116. The number of para-hydroxylation sites is 1. The van der Waals surface area contributed by atoms with Gasteiger partial charge >= 0.3 is 4.87 Å². The fourth-order valence-electron chi connectivity index (χ4n) is 2.82. The fraction of sp³-hybridized carbons (Fsp3) is 0.200. The number of anilines is 2. The van der Waals surface area contributed by atoms with E-state index in [4.69, 9.17) is 0 Å². The molecule has 1 heterocycles. The third kappa shape index (κ3) is 4.95. The van der Waals surface area contributed by atoms with Crippen LogP contribution in [0.3, 0.4) is 0 Å². The molecule has 0 aliphatic carbocycles. The molecule has 0 bridgehead atoms. The Morgan fingerprint density at radius 2 is 1.90 bits per heavy atom. The van der Waals surface area contributed by atoms with Gasteiger partial charge in [-0.25, -0.2) is 12.8 Å². The zero-order valence-corrected chi connectivity index (χ0v) is 17.9. The largest absolute Gasteiger partial charge is 0.326 e. The summed E-state index contributed by atoms with van der Waals surface area (Å²) in [5, 5.41) is 4.36. The van der Waals surface area contributed by atoms with E-state index < -0.39 is 15.8 Å². The van der Waals surface area contributed by atoms with Crippen LogP contribution in [0.2, 0.25) is 0 Å². The van der Waals surface area contributed by atoms with E-state index in [1.165, 1.54) is 28.8 Å². The minimum Gasteiger partial charge on any atom is -0.326 e. The average Bonchev–Trinajstić information content (AvgIpc) is 3.01. The van der Waals surface area contributed by atoms with E-state index in [0.29, 0.717) is 5.56 Å². The zero-order valence-electron chi connectivity index (χ0n) is 16.3. The second kappa shape index (κ2) is 8.80. The number of carbonyl (C=O) groups excluding carboxylic acids is 1. The van der Waals surface area contributed by atoms with Crippen molar-refractivity contribution in [2.24, 2.45) is 0 Å². The van der Waals surface area contributed by atoms with Crippen molar-refractivity contribution in [1.82, 2.24) is 4.57 Å². The quantitative estimate of drug-likeness (QED) is 0.577. The summed E-state index contributed by atoms with van der Waals surface area (Å²) in [4.78, 5) is 23.8. The molecule has 0 saturated heterocycles. The first kappa shape index (κ1) is 21.7. The van der Waals surface area contributed by atoms with Crippen LogP contribution in [0.15, 0.2) is 57.5 Å². The second-order valence-corrected chi connectivity index (χ2v) is 9.13. The van der Waals surface area contributed by atoms with Crippen molar-refractivity contribution in [2.45, 2.75) is 31.7 Å². The highest BCUT2D eigenvalue weighted by Crippen LogP contribution is 2.24. The first-order valence-electron chi connectivity index (χ1n) is 9.00. The highest BCUT2D eigenvalue weighted by Gasteiger charge is 2.19. The summed E-state index contributed by atoms with van der Waals surface area (Å²) in [6, 6.07) is 9.91. The first-order chi connectivity index (χ1) is 14.2. The Morgan fingerprint density at radius 3 is 2.57 bits per heavy atom. The summed E-state index contributed by atoms with van der Waals surface area (Å²) in [6.45, 7) is 3.62. The molecule has 30 heavy (non-hydrogen) atoms. The van der Waals surface area contributed by atoms with Gasteiger partial charge in [0.05, 0.1) is 10.6 Å². The lowest BCUT2D eigenvalue weighted by Gasteiger charge is -2.13. The molecule has 0 unspecified atom stereocenters. The normalized spacial score (nSPS) is 11.3. The molecule has 0 atom stereocenters. The van der Waals surface area contributed by atoms with Gasteiger partial charge in [0, 0.05) is 29.7 Å². The summed E-state index contributed by atoms with van der Waals surface area (Å²) >= 11 is 1.07. The van der Waals surface area contributed by atoms with E-state index in [1.807, 2.05) is 0 Å². The molecule has 1 aromatic heterocycles. The maximum Gasteiger partial charge on any atom is 0.307 e. The number of nitrogens with one attached hydrogen (secondary N) is 2. The molecular weight excluding hydrogens is 429 g/mol. The molecule has 0 spiro atoms. The Bertz CT molecular complexity index is 1250. The molecule has 0 aliphatic heterocycles. The molecule has 10 heteroatoms. The summed E-state index contributed by atoms with van der Waals surface area (Å²) < 4.78 is 43.1. The molecule has 7 nitrogen and oxygen atoms in total. The number of amides is 1. The van der Waals surface area contributed by atoms with Crippen LogP contribution in [0, 0.1) is 19.7 Å². The van der Waals surface area contributed by atoms with Crippen LogP contribution < -0.4 is 14.9 Å². The third-order valence-electron chi connectivity index (χ3n) is 4.42. The summed E-state index contributed by atoms with van der Waals surface area (Å²) in [5.74, 6) is -1.05. The number of halogens is 1. The molecule has 0 aliphatic rings. The number of sulfonamides is 1. The van der Waals surface area contributed by atoms with E-state index in [9.17, 15) is 22.4 Å². The molecule has 1 amide bonds. The van der Waals surface area contributed by atoms with Gasteiger partial charge in [-0.3, -0.25) is 14.3 Å². The van der Waals surface area contributed by atoms with Crippen molar-refractivity contribution >= 4 is 38.6 Å². The van der Waals surface area contributed by atoms with Crippen LogP contribution >= 0.6 is 11.3 Å². The van der Waals surface area contributed by atoms with E-state index in [0.717, 1.165) is 23.1 Å². The lowest BCUT2D eigenvalue weighted by Crippen LogP contribution is -2.20. The maximum absolute atomic E-state index is 13.8. The first-order valence-corrected chi connectivity index (χ1v) is 11.4. The van der Waals surface area contributed by atoms with E-state index in [-0.39, 0.29) is 40.0 Å². The number of aromatic nitrogens is 1. The number of benzene rings is 2. The number of carbonyl (C=O) groups is 1. The van der Waals surface area contributed by atoms with Gasteiger partial charge in [0.1, 0.15) is 5.82 Å². The number of nitrogens with zero attached hydrogens (tertiary/aromatic N) is 1. The minimum absolute atomic E-state index is 0.0565. The Balaban J connectivity index is 1.75. The van der Waals surface area contributed by atoms with Crippen molar-refractivity contribution in [3.05, 3.63) is 74.6 Å². The van der Waals surface area contributed by atoms with Gasteiger partial charge < -0.3 is 9.88 Å². The maximum atomic E-state index is 13.8. The summed E-state index contributed by atoms with van der Waals surface area (Å²) in [6.07, 6.45) is 0.0565. The SMILES string of the molecule is Cc1ccc(NC(=O)CCn2c(C)csc2=O)cc1S(=O)(=O)Nc1ccccc1F. The topological polar surface area (TPSA) is 97.3 Å². The van der Waals surface area contributed by atoms with Gasteiger partial charge in [0.15, 0.2) is 0 Å². The van der Waals surface area contributed by atoms with Crippen LogP contribution in [-0.4, -0.2) is 18.9 Å². The molecule has 0 saturated carbocycles. The molecule has 3 aromatic rings. The van der Waals surface area contributed by atoms with E-state index >= 15 is 0 Å². The Morgan fingerprint density at radius 1 is 1.17 bits per heavy atom. The molecule has 0 fully saturated rings. The van der Waals surface area contributed by atoms with E-state index in [1.54, 1.807) is 31.4 Å². The van der Waals surface area contributed by atoms with Gasteiger partial charge in [0.25, 0.3) is 10.0 Å². The van der Waals surface area contributed by atoms with Crippen LogP contribution in [0.1, 0.15) is 17.7 Å². The predicted octanol–water partition coefficient (Wildman–Crippen LogP) is 3.50.